The molecule has 1 aromatic carbocycles. The molecule has 0 amide bonds. The number of hydrogen-bond donors (Lipinski definition) is 0. The van der Waals surface area contributed by atoms with E-state index in [1.807, 2.05) is 12.1 Å². The zero-order valence-corrected chi connectivity index (χ0v) is 10.7. The van der Waals surface area contributed by atoms with Gasteiger partial charge in [-0.2, -0.15) is 0 Å². The van der Waals surface area contributed by atoms with E-state index in [4.69, 9.17) is 16.3 Å². The van der Waals surface area contributed by atoms with Crippen molar-refractivity contribution in [1.29, 1.82) is 0 Å². The van der Waals surface area contributed by atoms with E-state index in [2.05, 4.69) is 32.2 Å². The summed E-state index contributed by atoms with van der Waals surface area (Å²) in [6.07, 6.45) is 1.22. The normalized spacial score (nSPS) is 22.9. The lowest BCUT2D eigenvalue weighted by molar-refractivity contribution is 0.00474. The minimum Gasteiger partial charge on any atom is -0.375 e. The molecule has 2 rings (SSSR count). The molecule has 1 heterocycles. The number of benzene rings is 1. The molecule has 0 saturated carbocycles. The maximum atomic E-state index is 5.83. The van der Waals surface area contributed by atoms with Crippen molar-refractivity contribution >= 4 is 27.7 Å². The summed E-state index contributed by atoms with van der Waals surface area (Å²) in [6.45, 7) is 2.68. The molecule has 0 bridgehead atoms. The molecule has 1 saturated heterocycles. The molecule has 15 heavy (non-hydrogen) atoms. The van der Waals surface area contributed by atoms with E-state index in [0.717, 1.165) is 31.1 Å². The predicted octanol–water partition coefficient (Wildman–Crippen LogP) is 2.89. The number of morpholine rings is 1. The first kappa shape index (κ1) is 11.4. The zero-order valence-electron chi connectivity index (χ0n) is 8.33. The Bertz CT molecular complexity index is 317. The van der Waals surface area contributed by atoms with Crippen molar-refractivity contribution in [2.45, 2.75) is 12.5 Å². The molecule has 2 nitrogen and oxygen atoms in total. The molecule has 0 N–H and O–H groups in total. The summed E-state index contributed by atoms with van der Waals surface area (Å²) in [6, 6.07) is 7.95. The first-order chi connectivity index (χ1) is 7.24. The molecule has 0 aromatic heterocycles. The highest BCUT2D eigenvalue weighted by Crippen LogP contribution is 2.15. The van der Waals surface area contributed by atoms with Gasteiger partial charge in [0, 0.05) is 34.3 Å². The van der Waals surface area contributed by atoms with Crippen molar-refractivity contribution in [3.63, 3.8) is 0 Å². The summed E-state index contributed by atoms with van der Waals surface area (Å²) in [5.74, 6) is 0. The van der Waals surface area contributed by atoms with Crippen molar-refractivity contribution in [3.8, 4) is 0 Å². The Morgan fingerprint density at radius 3 is 2.80 bits per heavy atom. The van der Waals surface area contributed by atoms with Gasteiger partial charge in [0.15, 0.2) is 0 Å². The number of ether oxygens (including phenoxy) is 1. The molecule has 1 aromatic rings. The molecule has 1 atom stereocenters. The van der Waals surface area contributed by atoms with Gasteiger partial charge in [-0.1, -0.05) is 23.7 Å². The van der Waals surface area contributed by atoms with Gasteiger partial charge in [0.05, 0.1) is 12.7 Å². The Morgan fingerprint density at radius 1 is 1.40 bits per heavy atom. The van der Waals surface area contributed by atoms with Crippen LogP contribution in [-0.2, 0) is 11.2 Å². The average Bonchev–Trinajstić information content (AvgIpc) is 2.22. The van der Waals surface area contributed by atoms with E-state index in [9.17, 15) is 0 Å². The lowest BCUT2D eigenvalue weighted by Crippen LogP contribution is -2.37. The fourth-order valence-corrected chi connectivity index (χ4v) is 2.28. The Labute approximate surface area is 104 Å². The summed E-state index contributed by atoms with van der Waals surface area (Å²) in [5.41, 5.74) is 1.27. The summed E-state index contributed by atoms with van der Waals surface area (Å²) in [5, 5.41) is 0.783. The standard InChI is InChI=1S/C11H13BrClNO/c12-14-5-6-15-11(8-14)7-9-1-3-10(13)4-2-9/h1-4,11H,5-8H2. The fraction of sp³-hybridized carbons (Fsp3) is 0.455. The lowest BCUT2D eigenvalue weighted by Gasteiger charge is -2.28. The second kappa shape index (κ2) is 5.30. The number of hydrogen-bond acceptors (Lipinski definition) is 2. The highest BCUT2D eigenvalue weighted by molar-refractivity contribution is 9.07. The molecule has 0 aliphatic carbocycles. The van der Waals surface area contributed by atoms with Crippen LogP contribution in [0.25, 0.3) is 0 Å². The van der Waals surface area contributed by atoms with Gasteiger partial charge < -0.3 is 4.74 Å². The third-order valence-corrected chi connectivity index (χ3v) is 3.36. The molecule has 1 aliphatic heterocycles. The third kappa shape index (κ3) is 3.45. The summed E-state index contributed by atoms with van der Waals surface area (Å²) >= 11 is 9.32. The first-order valence-electron chi connectivity index (χ1n) is 5.01. The van der Waals surface area contributed by atoms with Crippen molar-refractivity contribution < 1.29 is 4.74 Å². The second-order valence-corrected chi connectivity index (χ2v) is 5.13. The van der Waals surface area contributed by atoms with Crippen LogP contribution >= 0.6 is 27.7 Å². The van der Waals surface area contributed by atoms with Gasteiger partial charge in [-0.3, -0.25) is 0 Å². The second-order valence-electron chi connectivity index (χ2n) is 3.69. The van der Waals surface area contributed by atoms with Crippen LogP contribution in [0.4, 0.5) is 0 Å². The van der Waals surface area contributed by atoms with Crippen molar-refractivity contribution in [3.05, 3.63) is 34.9 Å². The van der Waals surface area contributed by atoms with E-state index in [0.29, 0.717) is 0 Å². The van der Waals surface area contributed by atoms with Gasteiger partial charge in [0.25, 0.3) is 0 Å². The minimum absolute atomic E-state index is 0.277. The van der Waals surface area contributed by atoms with Crippen molar-refractivity contribution in [2.75, 3.05) is 19.7 Å². The Hall–Kier alpha value is -0.0900. The molecule has 82 valence electrons. The van der Waals surface area contributed by atoms with Gasteiger partial charge in [0.1, 0.15) is 0 Å². The average molecular weight is 291 g/mol. The highest BCUT2D eigenvalue weighted by Gasteiger charge is 2.18. The number of halogens is 2. The fourth-order valence-electron chi connectivity index (χ4n) is 1.69. The van der Waals surface area contributed by atoms with E-state index in [1.165, 1.54) is 5.56 Å². The lowest BCUT2D eigenvalue weighted by atomic mass is 10.1. The van der Waals surface area contributed by atoms with Gasteiger partial charge in [-0.05, 0) is 24.1 Å². The van der Waals surface area contributed by atoms with Crippen LogP contribution in [0.3, 0.4) is 0 Å². The Balaban J connectivity index is 1.93. The zero-order chi connectivity index (χ0) is 10.7. The molecule has 1 fully saturated rings. The van der Waals surface area contributed by atoms with Crippen LogP contribution in [-0.4, -0.2) is 29.7 Å². The summed E-state index contributed by atoms with van der Waals surface area (Å²) in [7, 11) is 0. The molecule has 0 radical (unpaired) electrons. The van der Waals surface area contributed by atoms with Crippen LogP contribution in [0.5, 0.6) is 0 Å². The molecule has 1 aliphatic rings. The third-order valence-electron chi connectivity index (χ3n) is 2.47. The summed E-state index contributed by atoms with van der Waals surface area (Å²) < 4.78 is 7.80. The van der Waals surface area contributed by atoms with Crippen LogP contribution in [0.2, 0.25) is 5.02 Å². The van der Waals surface area contributed by atoms with Crippen LogP contribution in [0, 0.1) is 0 Å². The maximum Gasteiger partial charge on any atom is 0.0752 e. The largest absolute Gasteiger partial charge is 0.375 e. The molecular formula is C11H13BrClNO. The van der Waals surface area contributed by atoms with E-state index in [-0.39, 0.29) is 6.10 Å². The van der Waals surface area contributed by atoms with E-state index < -0.39 is 0 Å². The highest BCUT2D eigenvalue weighted by atomic mass is 79.9. The SMILES string of the molecule is Clc1ccc(CC2CN(Br)CCO2)cc1. The Kier molecular flexibility index (Phi) is 4.03. The van der Waals surface area contributed by atoms with Crippen LogP contribution < -0.4 is 0 Å². The van der Waals surface area contributed by atoms with Crippen LogP contribution in [0.15, 0.2) is 24.3 Å². The first-order valence-corrected chi connectivity index (χ1v) is 6.09. The van der Waals surface area contributed by atoms with E-state index >= 15 is 0 Å². The molecule has 0 spiro atoms. The van der Waals surface area contributed by atoms with Crippen molar-refractivity contribution in [2.24, 2.45) is 0 Å². The summed E-state index contributed by atoms with van der Waals surface area (Å²) in [4.78, 5) is 0. The number of rotatable bonds is 2. The minimum atomic E-state index is 0.277. The van der Waals surface area contributed by atoms with Gasteiger partial charge in [-0.25, -0.2) is 3.93 Å². The predicted molar refractivity (Wildman–Crippen MR) is 65.4 cm³/mol. The quantitative estimate of drug-likeness (QED) is 0.777. The number of nitrogens with zero attached hydrogens (tertiary/aromatic N) is 1. The topological polar surface area (TPSA) is 12.5 Å². The smallest absolute Gasteiger partial charge is 0.0752 e. The van der Waals surface area contributed by atoms with Gasteiger partial charge in [0.2, 0.25) is 0 Å². The van der Waals surface area contributed by atoms with Crippen LogP contribution in [0.1, 0.15) is 5.56 Å². The van der Waals surface area contributed by atoms with Gasteiger partial charge in [-0.15, -0.1) is 0 Å². The monoisotopic (exact) mass is 289 g/mol. The molecular weight excluding hydrogens is 277 g/mol. The maximum absolute atomic E-state index is 5.83. The molecule has 4 heteroatoms. The van der Waals surface area contributed by atoms with Gasteiger partial charge >= 0.3 is 0 Å². The van der Waals surface area contributed by atoms with E-state index in [1.54, 1.807) is 0 Å². The molecule has 1 unspecified atom stereocenters. The van der Waals surface area contributed by atoms with Crippen molar-refractivity contribution in [1.82, 2.24) is 3.93 Å². The Morgan fingerprint density at radius 2 is 2.13 bits per heavy atom.